The second-order valence-electron chi connectivity index (χ2n) is 4.27. The summed E-state index contributed by atoms with van der Waals surface area (Å²) in [5.41, 5.74) is 0. The molecule has 0 N–H and O–H groups in total. The second-order valence-corrected chi connectivity index (χ2v) is 5.19. The number of aromatic nitrogens is 1. The van der Waals surface area contributed by atoms with Crippen LogP contribution in [0.1, 0.15) is 12.8 Å². The molecule has 1 fully saturated rings. The Morgan fingerprint density at radius 1 is 1.50 bits per heavy atom. The van der Waals surface area contributed by atoms with Crippen LogP contribution in [-0.4, -0.2) is 31.8 Å². The molecular weight excluding hydrogens is 268 g/mol. The molecule has 0 aromatic carbocycles. The minimum atomic E-state index is 0.782. The maximum Gasteiger partial charge on any atom is 0.128 e. The molecule has 0 aliphatic heterocycles. The lowest BCUT2D eigenvalue weighted by Crippen LogP contribution is -2.23. The molecule has 1 saturated carbocycles. The van der Waals surface area contributed by atoms with Crippen molar-refractivity contribution in [3.63, 3.8) is 0 Å². The van der Waals surface area contributed by atoms with Gasteiger partial charge in [0.25, 0.3) is 0 Å². The van der Waals surface area contributed by atoms with Crippen LogP contribution >= 0.6 is 15.9 Å². The third kappa shape index (κ3) is 3.76. The topological polar surface area (TPSA) is 25.4 Å². The molecule has 1 aliphatic rings. The number of hydrogen-bond acceptors (Lipinski definition) is 3. The van der Waals surface area contributed by atoms with Crippen LogP contribution in [0.15, 0.2) is 22.8 Å². The van der Waals surface area contributed by atoms with Crippen LogP contribution in [0.2, 0.25) is 0 Å². The van der Waals surface area contributed by atoms with Crippen molar-refractivity contribution >= 4 is 21.7 Å². The number of nitrogens with zero attached hydrogens (tertiary/aromatic N) is 2. The van der Waals surface area contributed by atoms with Gasteiger partial charge in [0.05, 0.1) is 6.61 Å². The molecule has 88 valence electrons. The van der Waals surface area contributed by atoms with E-state index in [-0.39, 0.29) is 0 Å². The molecule has 0 saturated heterocycles. The molecule has 0 unspecified atom stereocenters. The van der Waals surface area contributed by atoms with Gasteiger partial charge in [-0.1, -0.05) is 0 Å². The van der Waals surface area contributed by atoms with Crippen molar-refractivity contribution in [3.8, 4) is 0 Å². The van der Waals surface area contributed by atoms with E-state index in [1.807, 2.05) is 25.4 Å². The van der Waals surface area contributed by atoms with E-state index in [1.54, 1.807) is 0 Å². The van der Waals surface area contributed by atoms with Gasteiger partial charge in [-0.15, -0.1) is 0 Å². The molecule has 0 spiro atoms. The Kier molecular flexibility index (Phi) is 4.18. The number of hydrogen-bond donors (Lipinski definition) is 0. The van der Waals surface area contributed by atoms with Crippen molar-refractivity contribution in [1.29, 1.82) is 0 Å². The first kappa shape index (κ1) is 11.9. The third-order valence-electron chi connectivity index (χ3n) is 2.72. The summed E-state index contributed by atoms with van der Waals surface area (Å²) >= 11 is 3.38. The molecule has 16 heavy (non-hydrogen) atoms. The van der Waals surface area contributed by atoms with E-state index in [0.717, 1.165) is 36.0 Å². The zero-order valence-electron chi connectivity index (χ0n) is 9.53. The normalized spacial score (nSPS) is 15.1. The molecule has 0 bridgehead atoms. The lowest BCUT2D eigenvalue weighted by atomic mass is 10.4. The largest absolute Gasteiger partial charge is 0.379 e. The Morgan fingerprint density at radius 3 is 2.94 bits per heavy atom. The van der Waals surface area contributed by atoms with Gasteiger partial charge in [0.2, 0.25) is 0 Å². The fourth-order valence-electron chi connectivity index (χ4n) is 1.44. The second kappa shape index (κ2) is 5.64. The Hall–Kier alpha value is -0.610. The lowest BCUT2D eigenvalue weighted by molar-refractivity contribution is 0.131. The molecule has 3 nitrogen and oxygen atoms in total. The Bertz CT molecular complexity index is 324. The van der Waals surface area contributed by atoms with E-state index in [4.69, 9.17) is 4.74 Å². The van der Waals surface area contributed by atoms with Crippen LogP contribution in [0.5, 0.6) is 0 Å². The molecule has 1 aliphatic carbocycles. The van der Waals surface area contributed by atoms with E-state index >= 15 is 0 Å². The highest BCUT2D eigenvalue weighted by Gasteiger charge is 2.20. The summed E-state index contributed by atoms with van der Waals surface area (Å²) in [5, 5.41) is 0. The Labute approximate surface area is 105 Å². The summed E-state index contributed by atoms with van der Waals surface area (Å²) in [4.78, 5) is 6.44. The highest BCUT2D eigenvalue weighted by molar-refractivity contribution is 9.10. The zero-order valence-corrected chi connectivity index (χ0v) is 11.1. The van der Waals surface area contributed by atoms with Crippen LogP contribution < -0.4 is 4.90 Å². The van der Waals surface area contributed by atoms with E-state index in [0.29, 0.717) is 0 Å². The first-order chi connectivity index (χ1) is 7.75. The van der Waals surface area contributed by atoms with Gasteiger partial charge < -0.3 is 9.64 Å². The van der Waals surface area contributed by atoms with Crippen molar-refractivity contribution in [1.82, 2.24) is 4.98 Å². The van der Waals surface area contributed by atoms with Crippen LogP contribution in [0.3, 0.4) is 0 Å². The van der Waals surface area contributed by atoms with Gasteiger partial charge in [0, 0.05) is 30.9 Å². The zero-order chi connectivity index (χ0) is 11.4. The fraction of sp³-hybridized carbons (Fsp3) is 0.583. The van der Waals surface area contributed by atoms with Gasteiger partial charge in [-0.25, -0.2) is 4.98 Å². The molecule has 0 atom stereocenters. The quantitative estimate of drug-likeness (QED) is 0.751. The molecule has 0 radical (unpaired) electrons. The first-order valence-electron chi connectivity index (χ1n) is 5.66. The van der Waals surface area contributed by atoms with Gasteiger partial charge >= 0.3 is 0 Å². The average molecular weight is 285 g/mol. The molecule has 2 rings (SSSR count). The van der Waals surface area contributed by atoms with E-state index < -0.39 is 0 Å². The van der Waals surface area contributed by atoms with Crippen molar-refractivity contribution in [3.05, 3.63) is 22.8 Å². The van der Waals surface area contributed by atoms with Gasteiger partial charge in [0.1, 0.15) is 5.82 Å². The SMILES string of the molecule is CN(CCOCC1CC1)c1ccc(Br)cn1. The monoisotopic (exact) mass is 284 g/mol. The number of ether oxygens (including phenoxy) is 1. The van der Waals surface area contributed by atoms with Crippen LogP contribution in [0.25, 0.3) is 0 Å². The maximum absolute atomic E-state index is 5.59. The summed E-state index contributed by atoms with van der Waals surface area (Å²) in [5.74, 6) is 1.83. The first-order valence-corrected chi connectivity index (χ1v) is 6.45. The predicted octanol–water partition coefficient (Wildman–Crippen LogP) is 2.71. The van der Waals surface area contributed by atoms with E-state index in [9.17, 15) is 0 Å². The maximum atomic E-state index is 5.59. The standard InChI is InChI=1S/C12H17BrN2O/c1-15(6-7-16-9-10-2-3-10)12-5-4-11(13)8-14-12/h4-5,8,10H,2-3,6-7,9H2,1H3. The van der Waals surface area contributed by atoms with Gasteiger partial charge in [0.15, 0.2) is 0 Å². The summed E-state index contributed by atoms with van der Waals surface area (Å²) in [6.45, 7) is 2.60. The number of halogens is 1. The molecule has 1 aromatic heterocycles. The average Bonchev–Trinajstić information content (AvgIpc) is 3.09. The van der Waals surface area contributed by atoms with Crippen LogP contribution in [-0.2, 0) is 4.74 Å². The van der Waals surface area contributed by atoms with Crippen LogP contribution in [0.4, 0.5) is 5.82 Å². The Balaban J connectivity index is 1.69. The molecule has 1 aromatic rings. The molecule has 4 heteroatoms. The fourth-order valence-corrected chi connectivity index (χ4v) is 1.68. The lowest BCUT2D eigenvalue weighted by Gasteiger charge is -2.17. The minimum Gasteiger partial charge on any atom is -0.379 e. The van der Waals surface area contributed by atoms with Crippen molar-refractivity contribution in [2.24, 2.45) is 5.92 Å². The number of anilines is 1. The molecule has 1 heterocycles. The van der Waals surface area contributed by atoms with Gasteiger partial charge in [-0.3, -0.25) is 0 Å². The van der Waals surface area contributed by atoms with Gasteiger partial charge in [-0.05, 0) is 46.8 Å². The smallest absolute Gasteiger partial charge is 0.128 e. The molecule has 0 amide bonds. The van der Waals surface area contributed by atoms with E-state index in [1.165, 1.54) is 12.8 Å². The number of rotatable bonds is 6. The summed E-state index contributed by atoms with van der Waals surface area (Å²) in [6.07, 6.45) is 4.52. The highest BCUT2D eigenvalue weighted by atomic mass is 79.9. The highest BCUT2D eigenvalue weighted by Crippen LogP contribution is 2.28. The van der Waals surface area contributed by atoms with Crippen molar-refractivity contribution in [2.75, 3.05) is 31.7 Å². The minimum absolute atomic E-state index is 0.782. The number of likely N-dealkylation sites (N-methyl/N-ethyl adjacent to an activating group) is 1. The predicted molar refractivity (Wildman–Crippen MR) is 68.8 cm³/mol. The van der Waals surface area contributed by atoms with Crippen molar-refractivity contribution in [2.45, 2.75) is 12.8 Å². The number of pyridine rings is 1. The summed E-state index contributed by atoms with van der Waals surface area (Å²) in [6, 6.07) is 4.01. The third-order valence-corrected chi connectivity index (χ3v) is 3.19. The summed E-state index contributed by atoms with van der Waals surface area (Å²) in [7, 11) is 2.04. The van der Waals surface area contributed by atoms with E-state index in [2.05, 4.69) is 25.8 Å². The van der Waals surface area contributed by atoms with Crippen molar-refractivity contribution < 1.29 is 4.74 Å². The summed E-state index contributed by atoms with van der Waals surface area (Å²) < 4.78 is 6.60. The van der Waals surface area contributed by atoms with Gasteiger partial charge in [-0.2, -0.15) is 0 Å². The molecular formula is C12H17BrN2O. The van der Waals surface area contributed by atoms with Crippen LogP contribution in [0, 0.1) is 5.92 Å². The Morgan fingerprint density at radius 2 is 2.31 bits per heavy atom.